The fourth-order valence-electron chi connectivity index (χ4n) is 1.84. The van der Waals surface area contributed by atoms with Crippen molar-refractivity contribution in [3.63, 3.8) is 0 Å². The molecular weight excluding hydrogens is 234 g/mol. The van der Waals surface area contributed by atoms with Crippen molar-refractivity contribution in [3.8, 4) is 0 Å². The van der Waals surface area contributed by atoms with E-state index in [1.165, 1.54) is 6.07 Å². The van der Waals surface area contributed by atoms with Crippen LogP contribution in [0.5, 0.6) is 0 Å². The van der Waals surface area contributed by atoms with Gasteiger partial charge in [0.15, 0.2) is 0 Å². The molecule has 0 aromatic carbocycles. The highest BCUT2D eigenvalue weighted by Crippen LogP contribution is 2.16. The lowest BCUT2D eigenvalue weighted by molar-refractivity contribution is -0.385. The maximum Gasteiger partial charge on any atom is 0.290 e. The molecular formula is C12H19N3O3. The summed E-state index contributed by atoms with van der Waals surface area (Å²) in [5, 5.41) is 14.0. The number of rotatable bonds is 7. The minimum Gasteiger partial charge on any atom is -0.383 e. The molecule has 0 amide bonds. The van der Waals surface area contributed by atoms with Crippen LogP contribution in [0.15, 0.2) is 12.1 Å². The number of methoxy groups -OCH3 is 1. The number of hydrogen-bond donors (Lipinski definition) is 1. The largest absolute Gasteiger partial charge is 0.383 e. The van der Waals surface area contributed by atoms with Crippen LogP contribution in [-0.2, 0) is 11.2 Å². The van der Waals surface area contributed by atoms with Crippen molar-refractivity contribution in [3.05, 3.63) is 33.6 Å². The third-order valence-electron chi connectivity index (χ3n) is 2.63. The molecule has 1 rings (SSSR count). The van der Waals surface area contributed by atoms with E-state index in [0.29, 0.717) is 18.7 Å². The second-order valence-electron chi connectivity index (χ2n) is 4.08. The monoisotopic (exact) mass is 253 g/mol. The molecule has 1 N–H and O–H groups in total. The molecule has 18 heavy (non-hydrogen) atoms. The minimum atomic E-state index is -0.414. The predicted molar refractivity (Wildman–Crippen MR) is 68.7 cm³/mol. The first-order valence-electron chi connectivity index (χ1n) is 5.91. The summed E-state index contributed by atoms with van der Waals surface area (Å²) in [5.41, 5.74) is 1.34. The molecule has 0 bridgehead atoms. The Morgan fingerprint density at radius 3 is 2.78 bits per heavy atom. The Hall–Kier alpha value is -1.53. The van der Waals surface area contributed by atoms with Crippen molar-refractivity contribution in [2.24, 2.45) is 0 Å². The van der Waals surface area contributed by atoms with Crippen LogP contribution in [0.4, 0.5) is 5.69 Å². The number of aromatic nitrogens is 1. The van der Waals surface area contributed by atoms with Gasteiger partial charge in [-0.15, -0.1) is 0 Å². The van der Waals surface area contributed by atoms with Gasteiger partial charge in [0.25, 0.3) is 5.69 Å². The molecule has 0 aliphatic heterocycles. The van der Waals surface area contributed by atoms with E-state index in [0.717, 1.165) is 12.2 Å². The highest BCUT2D eigenvalue weighted by Gasteiger charge is 2.14. The quantitative estimate of drug-likeness (QED) is 0.588. The summed E-state index contributed by atoms with van der Waals surface area (Å²) in [6.07, 6.45) is 0.695. The van der Waals surface area contributed by atoms with Crippen LogP contribution in [0.1, 0.15) is 18.3 Å². The number of likely N-dealkylation sites (N-methyl/N-ethyl adjacent to an activating group) is 1. The van der Waals surface area contributed by atoms with Gasteiger partial charge in [-0.25, -0.2) is 0 Å². The van der Waals surface area contributed by atoms with Crippen LogP contribution in [0.25, 0.3) is 0 Å². The van der Waals surface area contributed by atoms with Crippen molar-refractivity contribution in [2.45, 2.75) is 26.3 Å². The van der Waals surface area contributed by atoms with Crippen LogP contribution < -0.4 is 5.32 Å². The molecule has 6 nitrogen and oxygen atoms in total. The molecule has 1 heterocycles. The molecule has 100 valence electrons. The molecule has 0 saturated heterocycles. The van der Waals surface area contributed by atoms with Gasteiger partial charge in [0.1, 0.15) is 5.69 Å². The van der Waals surface area contributed by atoms with Crippen molar-refractivity contribution in [1.82, 2.24) is 10.3 Å². The van der Waals surface area contributed by atoms with Gasteiger partial charge in [-0.05, 0) is 19.5 Å². The van der Waals surface area contributed by atoms with Crippen molar-refractivity contribution in [2.75, 3.05) is 20.3 Å². The first-order valence-corrected chi connectivity index (χ1v) is 5.91. The Morgan fingerprint density at radius 1 is 1.56 bits per heavy atom. The fraction of sp³-hybridized carbons (Fsp3) is 0.583. The molecule has 0 saturated carbocycles. The van der Waals surface area contributed by atoms with Crippen LogP contribution in [0, 0.1) is 17.0 Å². The number of nitrogens with zero attached hydrogens (tertiary/aromatic N) is 2. The van der Waals surface area contributed by atoms with Crippen molar-refractivity contribution >= 4 is 5.69 Å². The Morgan fingerprint density at radius 2 is 2.28 bits per heavy atom. The maximum absolute atomic E-state index is 10.7. The standard InChI is InChI=1S/C12H19N3O3/c1-4-13-11(8-18-3)7-10-5-6-12(15(16)17)9(2)14-10/h5-6,11,13H,4,7-8H2,1-3H3. The summed E-state index contributed by atoms with van der Waals surface area (Å²) in [6.45, 7) is 5.11. The number of aryl methyl sites for hydroxylation is 1. The van der Waals surface area contributed by atoms with Gasteiger partial charge in [-0.2, -0.15) is 0 Å². The highest BCUT2D eigenvalue weighted by atomic mass is 16.6. The van der Waals surface area contributed by atoms with E-state index in [2.05, 4.69) is 10.3 Å². The fourth-order valence-corrected chi connectivity index (χ4v) is 1.84. The molecule has 1 aromatic heterocycles. The molecule has 1 unspecified atom stereocenters. The van der Waals surface area contributed by atoms with Crippen LogP contribution in [0.3, 0.4) is 0 Å². The lowest BCUT2D eigenvalue weighted by atomic mass is 10.1. The third-order valence-corrected chi connectivity index (χ3v) is 2.63. The van der Waals surface area contributed by atoms with E-state index in [1.807, 2.05) is 6.92 Å². The van der Waals surface area contributed by atoms with E-state index in [4.69, 9.17) is 4.74 Å². The third kappa shape index (κ3) is 4.05. The van der Waals surface area contributed by atoms with E-state index in [-0.39, 0.29) is 11.7 Å². The van der Waals surface area contributed by atoms with Gasteiger partial charge >= 0.3 is 0 Å². The van der Waals surface area contributed by atoms with Crippen molar-refractivity contribution < 1.29 is 9.66 Å². The average molecular weight is 253 g/mol. The number of nitrogens with one attached hydrogen (secondary N) is 1. The molecule has 0 radical (unpaired) electrons. The zero-order valence-electron chi connectivity index (χ0n) is 11.0. The minimum absolute atomic E-state index is 0.0606. The first-order chi connectivity index (χ1) is 8.58. The average Bonchev–Trinajstić information content (AvgIpc) is 2.29. The SMILES string of the molecule is CCNC(COC)Cc1ccc([N+](=O)[O-])c(C)n1. The molecule has 0 aliphatic rings. The number of ether oxygens (including phenoxy) is 1. The summed E-state index contributed by atoms with van der Waals surface area (Å²) in [4.78, 5) is 14.5. The van der Waals surface area contributed by atoms with Crippen LogP contribution in [0.2, 0.25) is 0 Å². The number of pyridine rings is 1. The summed E-state index contributed by atoms with van der Waals surface area (Å²) in [5.74, 6) is 0. The molecule has 0 aliphatic carbocycles. The molecule has 0 spiro atoms. The van der Waals surface area contributed by atoms with Gasteiger partial charge in [0.2, 0.25) is 0 Å². The van der Waals surface area contributed by atoms with E-state index in [9.17, 15) is 10.1 Å². The molecule has 6 heteroatoms. The highest BCUT2D eigenvalue weighted by molar-refractivity contribution is 5.35. The summed E-state index contributed by atoms with van der Waals surface area (Å²) < 4.78 is 5.12. The maximum atomic E-state index is 10.7. The van der Waals surface area contributed by atoms with Gasteiger partial charge in [-0.1, -0.05) is 6.92 Å². The number of nitro groups is 1. The smallest absolute Gasteiger partial charge is 0.290 e. The Labute approximate surface area is 107 Å². The van der Waals surface area contributed by atoms with Crippen LogP contribution in [-0.4, -0.2) is 36.2 Å². The Kier molecular flexibility index (Phi) is 5.67. The Bertz CT molecular complexity index is 404. The van der Waals surface area contributed by atoms with E-state index >= 15 is 0 Å². The zero-order chi connectivity index (χ0) is 13.5. The second-order valence-corrected chi connectivity index (χ2v) is 4.08. The Balaban J connectivity index is 2.77. The topological polar surface area (TPSA) is 77.3 Å². The zero-order valence-corrected chi connectivity index (χ0v) is 11.0. The van der Waals surface area contributed by atoms with Crippen LogP contribution >= 0.6 is 0 Å². The van der Waals surface area contributed by atoms with Gasteiger partial charge in [-0.3, -0.25) is 15.1 Å². The lowest BCUT2D eigenvalue weighted by Crippen LogP contribution is -2.35. The van der Waals surface area contributed by atoms with Gasteiger partial charge in [0.05, 0.1) is 11.5 Å². The van der Waals surface area contributed by atoms with E-state index in [1.54, 1.807) is 20.1 Å². The first kappa shape index (κ1) is 14.5. The second kappa shape index (κ2) is 7.03. The van der Waals surface area contributed by atoms with E-state index < -0.39 is 4.92 Å². The van der Waals surface area contributed by atoms with Gasteiger partial charge < -0.3 is 10.1 Å². The molecule has 1 atom stereocenters. The van der Waals surface area contributed by atoms with Gasteiger partial charge in [0, 0.05) is 31.3 Å². The summed E-state index contributed by atoms with van der Waals surface area (Å²) >= 11 is 0. The molecule has 1 aromatic rings. The summed E-state index contributed by atoms with van der Waals surface area (Å²) in [7, 11) is 1.65. The number of hydrogen-bond acceptors (Lipinski definition) is 5. The predicted octanol–water partition coefficient (Wildman–Crippen LogP) is 1.47. The molecule has 0 fully saturated rings. The lowest BCUT2D eigenvalue weighted by Gasteiger charge is -2.16. The van der Waals surface area contributed by atoms with Crippen molar-refractivity contribution in [1.29, 1.82) is 0 Å². The normalized spacial score (nSPS) is 12.4. The summed E-state index contributed by atoms with van der Waals surface area (Å²) in [6, 6.07) is 3.38.